The van der Waals surface area contributed by atoms with Crippen molar-refractivity contribution in [1.29, 1.82) is 0 Å². The Morgan fingerprint density at radius 3 is 1.66 bits per heavy atom. The number of unbranched alkanes of at least 4 members (excludes halogenated alkanes) is 10. The molecule has 0 saturated heterocycles. The van der Waals surface area contributed by atoms with Crippen molar-refractivity contribution in [3.8, 4) is 0 Å². The molecule has 0 heterocycles. The Labute approximate surface area is 198 Å². The summed E-state index contributed by atoms with van der Waals surface area (Å²) in [7, 11) is 1.58. The normalized spacial score (nSPS) is 12.3. The largest absolute Gasteiger partial charge is 0.544 e. The van der Waals surface area contributed by atoms with Gasteiger partial charge in [0.15, 0.2) is 0 Å². The molecule has 0 aliphatic carbocycles. The minimum atomic E-state index is -3.82. The molecule has 0 saturated carbocycles. The molecule has 0 rings (SSSR count). The number of carboxylic acid groups (broad SMARTS) is 1. The maximum atomic E-state index is 10.7. The highest BCUT2D eigenvalue weighted by Crippen LogP contribution is 2.16. The number of hydrogen-bond donors (Lipinski definition) is 2. The van der Waals surface area contributed by atoms with Crippen molar-refractivity contribution in [2.45, 2.75) is 110 Å². The number of likely N-dealkylation sites (N-methyl/N-ethyl adjacent to an activating group) is 1. The summed E-state index contributed by atoms with van der Waals surface area (Å²) in [5.41, 5.74) is 0.0402. The van der Waals surface area contributed by atoms with Gasteiger partial charge in [-0.15, -0.1) is 0 Å². The first-order chi connectivity index (χ1) is 14.7. The molecule has 0 bridgehead atoms. The number of carbonyl (C=O) groups excluding carboxylic acids is 1. The van der Waals surface area contributed by atoms with E-state index in [9.17, 15) is 18.3 Å². The molecule has 194 valence electrons. The Bertz CT molecular complexity index is 557. The first kappa shape index (κ1) is 33.5. The van der Waals surface area contributed by atoms with Gasteiger partial charge in [0.05, 0.1) is 32.9 Å². The van der Waals surface area contributed by atoms with Crippen LogP contribution in [0, 0.1) is 0 Å². The Morgan fingerprint density at radius 2 is 1.31 bits per heavy atom. The average Bonchev–Trinajstić information content (AvgIpc) is 2.61. The van der Waals surface area contributed by atoms with Crippen LogP contribution in [-0.4, -0.2) is 68.9 Å². The van der Waals surface area contributed by atoms with Gasteiger partial charge in [0, 0.05) is 5.54 Å². The van der Waals surface area contributed by atoms with Crippen LogP contribution in [-0.2, 0) is 14.9 Å². The van der Waals surface area contributed by atoms with E-state index in [-0.39, 0.29) is 17.8 Å². The second-order valence-corrected chi connectivity index (χ2v) is 12.1. The van der Waals surface area contributed by atoms with Gasteiger partial charge in [-0.3, -0.25) is 4.55 Å². The topological polar surface area (TPSA) is 107 Å². The van der Waals surface area contributed by atoms with E-state index < -0.39 is 16.1 Å². The van der Waals surface area contributed by atoms with Gasteiger partial charge in [-0.1, -0.05) is 77.6 Å². The second kappa shape index (κ2) is 18.7. The smallest absolute Gasteiger partial charge is 0.264 e. The minimum absolute atomic E-state index is 0.0402. The van der Waals surface area contributed by atoms with Crippen LogP contribution in [0.25, 0.3) is 0 Å². The predicted molar refractivity (Wildman–Crippen MR) is 132 cm³/mol. The number of aliphatic carboxylic acids is 1. The zero-order valence-electron chi connectivity index (χ0n) is 21.7. The monoisotopic (exact) mass is 480 g/mol. The lowest BCUT2D eigenvalue weighted by Gasteiger charge is -2.26. The molecular weight excluding hydrogens is 428 g/mol. The number of carbonyl (C=O) groups is 1. The number of nitrogens with one attached hydrogen (secondary N) is 1. The third kappa shape index (κ3) is 31.5. The van der Waals surface area contributed by atoms with Crippen molar-refractivity contribution in [3.63, 3.8) is 0 Å². The Kier molecular flexibility index (Phi) is 19.6. The molecule has 32 heavy (non-hydrogen) atoms. The zero-order valence-corrected chi connectivity index (χ0v) is 22.6. The fourth-order valence-corrected chi connectivity index (χ4v) is 3.90. The Morgan fingerprint density at radius 1 is 0.875 bits per heavy atom. The first-order valence-electron chi connectivity index (χ1n) is 12.4. The van der Waals surface area contributed by atoms with Gasteiger partial charge < -0.3 is 19.7 Å². The van der Waals surface area contributed by atoms with Crippen molar-refractivity contribution >= 4 is 16.1 Å². The van der Waals surface area contributed by atoms with E-state index >= 15 is 0 Å². The maximum Gasteiger partial charge on any atom is 0.264 e. The lowest BCUT2D eigenvalue weighted by Crippen LogP contribution is -2.45. The van der Waals surface area contributed by atoms with Crippen molar-refractivity contribution in [2.24, 2.45) is 0 Å². The number of rotatable bonds is 19. The highest BCUT2D eigenvalue weighted by molar-refractivity contribution is 7.85. The molecule has 7 nitrogen and oxygen atoms in total. The average molecular weight is 481 g/mol. The molecule has 8 heteroatoms. The van der Waals surface area contributed by atoms with Crippen LogP contribution >= 0.6 is 0 Å². The predicted octanol–water partition coefficient (Wildman–Crippen LogP) is 3.78. The zero-order chi connectivity index (χ0) is 25.1. The number of carboxylic acids is 1. The molecule has 0 radical (unpaired) electrons. The van der Waals surface area contributed by atoms with E-state index in [2.05, 4.69) is 26.1 Å². The third-order valence-electron chi connectivity index (χ3n) is 5.19. The van der Waals surface area contributed by atoms with E-state index in [1.807, 2.05) is 0 Å². The first-order valence-corrected chi connectivity index (χ1v) is 14.0. The Balaban J connectivity index is 0. The summed E-state index contributed by atoms with van der Waals surface area (Å²) in [6.07, 6.45) is 16.5. The van der Waals surface area contributed by atoms with Gasteiger partial charge >= 0.3 is 0 Å². The fraction of sp³-hybridized carbons (Fsp3) is 0.958. The van der Waals surface area contributed by atoms with Gasteiger partial charge in [0.2, 0.25) is 0 Å². The summed E-state index contributed by atoms with van der Waals surface area (Å²) in [5.74, 6) is -1.16. The van der Waals surface area contributed by atoms with E-state index in [4.69, 9.17) is 4.55 Å². The highest BCUT2D eigenvalue weighted by Gasteiger charge is 2.16. The number of nitrogens with zero attached hydrogens (tertiary/aromatic N) is 1. The van der Waals surface area contributed by atoms with Crippen LogP contribution in [0.1, 0.15) is 104 Å². The van der Waals surface area contributed by atoms with Crippen LogP contribution in [0.5, 0.6) is 0 Å². The van der Waals surface area contributed by atoms with Crippen molar-refractivity contribution in [2.75, 3.05) is 40.0 Å². The van der Waals surface area contributed by atoms with Crippen LogP contribution in [0.3, 0.4) is 0 Å². The fourth-order valence-electron chi connectivity index (χ4n) is 3.39. The SMILES string of the molecule is CCCCCCCCCCCCCC(C)(C)NCCCS(=O)(=O)O.C[N+](C)(C)CC(=O)[O-]. The van der Waals surface area contributed by atoms with Gasteiger partial charge in [-0.25, -0.2) is 0 Å². The van der Waals surface area contributed by atoms with E-state index in [1.165, 1.54) is 70.6 Å². The molecule has 0 aromatic carbocycles. The Hall–Kier alpha value is -0.700. The molecule has 0 amide bonds. The molecule has 2 N–H and O–H groups in total. The summed E-state index contributed by atoms with van der Waals surface area (Å²) in [4.78, 5) is 9.89. The number of quaternary nitrogens is 1. The standard InChI is InChI=1S/C19H41NO3S.C5H11NO2/c1-4-5-6-7-8-9-10-11-12-13-14-16-19(2,3)20-17-15-18-24(21,22)23;1-6(2,3)4-5(7)8/h20H,4-18H2,1-3H3,(H,21,22,23);4H2,1-3H3. The lowest BCUT2D eigenvalue weighted by atomic mass is 9.95. The van der Waals surface area contributed by atoms with E-state index in [0.29, 0.717) is 17.4 Å². The van der Waals surface area contributed by atoms with Crippen LogP contribution in [0.15, 0.2) is 0 Å². The minimum Gasteiger partial charge on any atom is -0.544 e. The summed E-state index contributed by atoms with van der Waals surface area (Å²) < 4.78 is 30.5. The van der Waals surface area contributed by atoms with Gasteiger partial charge in [-0.05, 0) is 33.2 Å². The summed E-state index contributed by atoms with van der Waals surface area (Å²) in [6, 6.07) is 0. The summed E-state index contributed by atoms with van der Waals surface area (Å²) in [6.45, 7) is 7.29. The molecule has 0 aromatic rings. The lowest BCUT2D eigenvalue weighted by molar-refractivity contribution is -0.864. The van der Waals surface area contributed by atoms with Crippen LogP contribution < -0.4 is 10.4 Å². The van der Waals surface area contributed by atoms with Crippen molar-refractivity contribution < 1.29 is 27.4 Å². The molecule has 0 spiro atoms. The maximum absolute atomic E-state index is 10.7. The van der Waals surface area contributed by atoms with Crippen LogP contribution in [0.2, 0.25) is 0 Å². The third-order valence-corrected chi connectivity index (χ3v) is 6.00. The van der Waals surface area contributed by atoms with Crippen molar-refractivity contribution in [3.05, 3.63) is 0 Å². The molecule has 0 aliphatic rings. The van der Waals surface area contributed by atoms with E-state index in [1.54, 1.807) is 21.1 Å². The molecule has 0 aromatic heterocycles. The summed E-state index contributed by atoms with van der Waals surface area (Å²) >= 11 is 0. The molecule has 0 fully saturated rings. The van der Waals surface area contributed by atoms with Crippen LogP contribution in [0.4, 0.5) is 0 Å². The second-order valence-electron chi connectivity index (χ2n) is 10.6. The van der Waals surface area contributed by atoms with Crippen molar-refractivity contribution in [1.82, 2.24) is 5.32 Å². The van der Waals surface area contributed by atoms with E-state index in [0.717, 1.165) is 6.42 Å². The molecule has 0 atom stereocenters. The number of hydrogen-bond acceptors (Lipinski definition) is 5. The van der Waals surface area contributed by atoms with Gasteiger partial charge in [0.1, 0.15) is 6.54 Å². The quantitative estimate of drug-likeness (QED) is 0.166. The molecular formula is C24H52N2O5S. The highest BCUT2D eigenvalue weighted by atomic mass is 32.2. The van der Waals surface area contributed by atoms with Gasteiger partial charge in [-0.2, -0.15) is 8.42 Å². The molecule has 0 unspecified atom stereocenters. The van der Waals surface area contributed by atoms with Gasteiger partial charge in [0.25, 0.3) is 10.1 Å². The summed E-state index contributed by atoms with van der Waals surface area (Å²) in [5, 5.41) is 13.3. The molecule has 0 aliphatic heterocycles.